The van der Waals surface area contributed by atoms with Crippen LogP contribution >= 0.6 is 23.2 Å². The van der Waals surface area contributed by atoms with Gasteiger partial charge in [0.15, 0.2) is 11.5 Å². The van der Waals surface area contributed by atoms with E-state index >= 15 is 0 Å². The minimum atomic E-state index is -4.04. The van der Waals surface area contributed by atoms with Crippen LogP contribution in [0.2, 0.25) is 10.0 Å². The maximum absolute atomic E-state index is 13.1. The standard InChI is InChI=1S/C21H20Cl2N6O4S/c1-28(2)20-17-19(25-16(26-21(17)30)8-11-4-6-12(33-3)7-5-11)29(27-20)18-14(22)9-13(10-15(18)23)34(24,31)32/h4-7,9-10H,8H2,1-3H3,(H2,24,31,32)(H,25,26,30). The zero-order valence-electron chi connectivity index (χ0n) is 18.3. The Hall–Kier alpha value is -3.12. The number of rotatable bonds is 6. The first-order valence-electron chi connectivity index (χ1n) is 9.84. The molecule has 2 aromatic heterocycles. The first kappa shape index (κ1) is 24.0. The smallest absolute Gasteiger partial charge is 0.264 e. The van der Waals surface area contributed by atoms with E-state index in [2.05, 4.69) is 15.1 Å². The number of hydrogen-bond acceptors (Lipinski definition) is 7. The third-order valence-corrected chi connectivity index (χ3v) is 6.52. The summed E-state index contributed by atoms with van der Waals surface area (Å²) in [6.45, 7) is 0. The van der Waals surface area contributed by atoms with E-state index in [1.165, 1.54) is 16.8 Å². The molecule has 0 saturated heterocycles. The number of fused-ring (bicyclic) bond motifs is 1. The summed E-state index contributed by atoms with van der Waals surface area (Å²) in [6, 6.07) is 9.70. The number of hydrogen-bond donors (Lipinski definition) is 2. The molecule has 0 aliphatic carbocycles. The van der Waals surface area contributed by atoms with E-state index in [0.29, 0.717) is 23.8 Å². The van der Waals surface area contributed by atoms with Crippen molar-refractivity contribution in [3.8, 4) is 11.4 Å². The lowest BCUT2D eigenvalue weighted by Gasteiger charge is -2.11. The number of ether oxygens (including phenoxy) is 1. The van der Waals surface area contributed by atoms with Crippen LogP contribution in [-0.2, 0) is 16.4 Å². The molecule has 0 spiro atoms. The number of nitrogens with zero attached hydrogens (tertiary/aromatic N) is 4. The predicted molar refractivity (Wildman–Crippen MR) is 131 cm³/mol. The molecule has 0 aliphatic rings. The Balaban J connectivity index is 1.93. The van der Waals surface area contributed by atoms with Gasteiger partial charge < -0.3 is 14.6 Å². The van der Waals surface area contributed by atoms with Crippen molar-refractivity contribution >= 4 is 50.1 Å². The van der Waals surface area contributed by atoms with Gasteiger partial charge in [-0.3, -0.25) is 4.79 Å². The maximum Gasteiger partial charge on any atom is 0.264 e. The highest BCUT2D eigenvalue weighted by Crippen LogP contribution is 2.34. The number of aromatic nitrogens is 4. The number of sulfonamides is 1. The van der Waals surface area contributed by atoms with Crippen LogP contribution in [0.5, 0.6) is 5.75 Å². The molecule has 178 valence electrons. The number of nitrogens with two attached hydrogens (primary N) is 1. The Morgan fingerprint density at radius 1 is 1.15 bits per heavy atom. The van der Waals surface area contributed by atoms with Crippen LogP contribution in [0.3, 0.4) is 0 Å². The molecule has 10 nitrogen and oxygen atoms in total. The molecule has 0 fully saturated rings. The number of methoxy groups -OCH3 is 1. The third-order valence-electron chi connectivity index (χ3n) is 5.05. The van der Waals surface area contributed by atoms with Gasteiger partial charge in [-0.05, 0) is 29.8 Å². The number of aromatic amines is 1. The average Bonchev–Trinajstić information content (AvgIpc) is 3.13. The highest BCUT2D eigenvalue weighted by Gasteiger charge is 2.24. The Kier molecular flexibility index (Phi) is 6.30. The van der Waals surface area contributed by atoms with Gasteiger partial charge in [0.1, 0.15) is 22.6 Å². The zero-order chi connectivity index (χ0) is 24.8. The van der Waals surface area contributed by atoms with Crippen LogP contribution in [0, 0.1) is 0 Å². The predicted octanol–water partition coefficient (Wildman–Crippen LogP) is 2.73. The van der Waals surface area contributed by atoms with Gasteiger partial charge in [-0.1, -0.05) is 35.3 Å². The molecule has 0 saturated carbocycles. The minimum absolute atomic E-state index is 0.0231. The molecular weight excluding hydrogens is 503 g/mol. The molecule has 0 bridgehead atoms. The third kappa shape index (κ3) is 4.47. The number of benzene rings is 2. The second kappa shape index (κ2) is 8.91. The average molecular weight is 523 g/mol. The number of anilines is 1. The van der Waals surface area contributed by atoms with Gasteiger partial charge in [0, 0.05) is 20.5 Å². The Bertz CT molecular complexity index is 1540. The lowest BCUT2D eigenvalue weighted by Crippen LogP contribution is -2.16. The van der Waals surface area contributed by atoms with Crippen molar-refractivity contribution in [3.05, 3.63) is 68.2 Å². The Morgan fingerprint density at radius 2 is 1.76 bits per heavy atom. The SMILES string of the molecule is COc1ccc(Cc2nc3c(c(N(C)C)nn3-c3c(Cl)cc(S(N)(=O)=O)cc3Cl)c(=O)[nH]2)cc1. The van der Waals surface area contributed by atoms with Crippen molar-refractivity contribution in [2.45, 2.75) is 11.3 Å². The largest absolute Gasteiger partial charge is 0.497 e. The summed E-state index contributed by atoms with van der Waals surface area (Å²) in [5, 5.41) is 9.89. The second-order valence-electron chi connectivity index (χ2n) is 7.65. The zero-order valence-corrected chi connectivity index (χ0v) is 20.7. The first-order valence-corrected chi connectivity index (χ1v) is 12.1. The normalized spacial score (nSPS) is 11.7. The molecule has 0 unspecified atom stereocenters. The van der Waals surface area contributed by atoms with Crippen LogP contribution in [-0.4, -0.2) is 49.4 Å². The molecule has 0 aliphatic heterocycles. The molecule has 0 atom stereocenters. The molecule has 3 N–H and O–H groups in total. The molecule has 2 aromatic carbocycles. The van der Waals surface area contributed by atoms with Crippen molar-refractivity contribution in [1.29, 1.82) is 0 Å². The van der Waals surface area contributed by atoms with Crippen LogP contribution in [0.4, 0.5) is 5.82 Å². The molecule has 2 heterocycles. The van der Waals surface area contributed by atoms with Crippen molar-refractivity contribution in [1.82, 2.24) is 19.7 Å². The lowest BCUT2D eigenvalue weighted by atomic mass is 10.1. The van der Waals surface area contributed by atoms with Gasteiger partial charge >= 0.3 is 0 Å². The van der Waals surface area contributed by atoms with Crippen LogP contribution in [0.25, 0.3) is 16.7 Å². The second-order valence-corrected chi connectivity index (χ2v) is 10.0. The summed E-state index contributed by atoms with van der Waals surface area (Å²) in [5.74, 6) is 1.44. The molecule has 0 radical (unpaired) electrons. The van der Waals surface area contributed by atoms with Gasteiger partial charge in [0.05, 0.1) is 22.1 Å². The van der Waals surface area contributed by atoms with Crippen molar-refractivity contribution in [2.75, 3.05) is 26.1 Å². The highest BCUT2D eigenvalue weighted by atomic mass is 35.5. The van der Waals surface area contributed by atoms with E-state index in [1.807, 2.05) is 24.3 Å². The summed E-state index contributed by atoms with van der Waals surface area (Å²) in [5.41, 5.74) is 0.887. The van der Waals surface area contributed by atoms with Crippen LogP contribution < -0.4 is 20.3 Å². The summed E-state index contributed by atoms with van der Waals surface area (Å²) in [7, 11) is 0.996. The van der Waals surface area contributed by atoms with Gasteiger partial charge in [-0.2, -0.15) is 0 Å². The van der Waals surface area contributed by atoms with Crippen LogP contribution in [0.15, 0.2) is 46.1 Å². The highest BCUT2D eigenvalue weighted by molar-refractivity contribution is 7.89. The number of H-pyrrole nitrogens is 1. The fourth-order valence-electron chi connectivity index (χ4n) is 3.45. The quantitative estimate of drug-likeness (QED) is 0.397. The molecular formula is C21H20Cl2N6O4S. The molecule has 0 amide bonds. The van der Waals surface area contributed by atoms with Gasteiger partial charge in [-0.15, -0.1) is 5.10 Å². The van der Waals surface area contributed by atoms with E-state index in [0.717, 1.165) is 5.56 Å². The summed E-state index contributed by atoms with van der Waals surface area (Å²) < 4.78 is 30.0. The number of halogens is 2. The summed E-state index contributed by atoms with van der Waals surface area (Å²) >= 11 is 12.8. The topological polar surface area (TPSA) is 136 Å². The van der Waals surface area contributed by atoms with E-state index < -0.39 is 15.6 Å². The summed E-state index contributed by atoms with van der Waals surface area (Å²) in [6.07, 6.45) is 0.337. The molecule has 13 heteroatoms. The van der Waals surface area contributed by atoms with E-state index in [1.54, 1.807) is 26.1 Å². The van der Waals surface area contributed by atoms with Crippen LogP contribution in [0.1, 0.15) is 11.4 Å². The van der Waals surface area contributed by atoms with Crippen molar-refractivity contribution < 1.29 is 13.2 Å². The Morgan fingerprint density at radius 3 is 2.29 bits per heavy atom. The minimum Gasteiger partial charge on any atom is -0.497 e. The van der Waals surface area contributed by atoms with E-state index in [4.69, 9.17) is 33.1 Å². The number of primary sulfonamides is 1. The van der Waals surface area contributed by atoms with E-state index in [-0.39, 0.29) is 31.7 Å². The van der Waals surface area contributed by atoms with Gasteiger partial charge in [0.2, 0.25) is 10.0 Å². The fourth-order valence-corrected chi connectivity index (χ4v) is 4.79. The number of nitrogens with one attached hydrogen (secondary N) is 1. The monoisotopic (exact) mass is 522 g/mol. The van der Waals surface area contributed by atoms with Crippen molar-refractivity contribution in [3.63, 3.8) is 0 Å². The molecule has 4 rings (SSSR count). The van der Waals surface area contributed by atoms with Gasteiger partial charge in [-0.25, -0.2) is 23.2 Å². The summed E-state index contributed by atoms with van der Waals surface area (Å²) in [4.78, 5) is 21.9. The lowest BCUT2D eigenvalue weighted by molar-refractivity contribution is 0.414. The molecule has 4 aromatic rings. The van der Waals surface area contributed by atoms with Gasteiger partial charge in [0.25, 0.3) is 5.56 Å². The first-order chi connectivity index (χ1) is 16.0. The molecule has 34 heavy (non-hydrogen) atoms. The fraction of sp³-hybridized carbons (Fsp3) is 0.190. The van der Waals surface area contributed by atoms with E-state index in [9.17, 15) is 13.2 Å². The maximum atomic E-state index is 13.1. The Labute approximate surface area is 204 Å². The van der Waals surface area contributed by atoms with Crippen molar-refractivity contribution in [2.24, 2.45) is 5.14 Å².